The molecule has 4 heteroatoms. The van der Waals surface area contributed by atoms with E-state index in [1.807, 2.05) is 0 Å². The number of alkyl halides is 1. The third kappa shape index (κ3) is 5.01. The highest BCUT2D eigenvalue weighted by atomic mass is 19.1. The molecule has 0 amide bonds. The second-order valence-corrected chi connectivity index (χ2v) is 7.51. The molecule has 2 aliphatic rings. The first-order valence-electron chi connectivity index (χ1n) is 7.71. The average Bonchev–Trinajstić information content (AvgIpc) is 2.30. The van der Waals surface area contributed by atoms with Gasteiger partial charge in [0.25, 0.3) is 0 Å². The zero-order valence-corrected chi connectivity index (χ0v) is 12.8. The normalized spacial score (nSPS) is 26.5. The van der Waals surface area contributed by atoms with Crippen molar-refractivity contribution in [2.75, 3.05) is 52.4 Å². The fourth-order valence-electron chi connectivity index (χ4n) is 3.21. The maximum atomic E-state index is 14.6. The Bertz CT molecular complexity index is 274. The van der Waals surface area contributed by atoms with Gasteiger partial charge in [-0.1, -0.05) is 20.8 Å². The summed E-state index contributed by atoms with van der Waals surface area (Å²) in [5.41, 5.74) is -0.587. The lowest BCUT2D eigenvalue weighted by molar-refractivity contribution is 0.0302. The average molecular weight is 271 g/mol. The SMILES string of the molecule is CC(C)(C)CN1CCN(CC2(F)CCNCC2)CC1. The monoisotopic (exact) mass is 271 g/mol. The van der Waals surface area contributed by atoms with Crippen LogP contribution in [0.4, 0.5) is 4.39 Å². The topological polar surface area (TPSA) is 18.5 Å². The first kappa shape index (κ1) is 15.2. The molecule has 0 aromatic carbocycles. The van der Waals surface area contributed by atoms with Crippen LogP contribution in [0.25, 0.3) is 0 Å². The fourth-order valence-corrected chi connectivity index (χ4v) is 3.21. The van der Waals surface area contributed by atoms with Gasteiger partial charge in [-0.2, -0.15) is 0 Å². The van der Waals surface area contributed by atoms with Gasteiger partial charge >= 0.3 is 0 Å². The summed E-state index contributed by atoms with van der Waals surface area (Å²) in [6, 6.07) is 0. The highest BCUT2D eigenvalue weighted by Gasteiger charge is 2.34. The quantitative estimate of drug-likeness (QED) is 0.843. The van der Waals surface area contributed by atoms with E-state index in [4.69, 9.17) is 0 Å². The number of nitrogens with one attached hydrogen (secondary N) is 1. The predicted octanol–water partition coefficient (Wildman–Crippen LogP) is 1.74. The molecule has 0 unspecified atom stereocenters. The van der Waals surface area contributed by atoms with Gasteiger partial charge in [0.15, 0.2) is 0 Å². The van der Waals surface area contributed by atoms with Crippen LogP contribution in [0.1, 0.15) is 33.6 Å². The molecule has 19 heavy (non-hydrogen) atoms. The first-order valence-corrected chi connectivity index (χ1v) is 7.71. The zero-order chi connectivity index (χ0) is 13.9. The Morgan fingerprint density at radius 2 is 1.53 bits per heavy atom. The lowest BCUT2D eigenvalue weighted by Gasteiger charge is -2.41. The minimum Gasteiger partial charge on any atom is -0.316 e. The fraction of sp³-hybridized carbons (Fsp3) is 1.00. The summed E-state index contributed by atoms with van der Waals surface area (Å²) in [7, 11) is 0. The first-order chi connectivity index (χ1) is 8.86. The van der Waals surface area contributed by atoms with Gasteiger partial charge in [0, 0.05) is 39.3 Å². The van der Waals surface area contributed by atoms with Crippen LogP contribution in [-0.2, 0) is 0 Å². The Kier molecular flexibility index (Phi) is 4.85. The van der Waals surface area contributed by atoms with Gasteiger partial charge in [-0.3, -0.25) is 4.90 Å². The zero-order valence-electron chi connectivity index (χ0n) is 12.8. The number of piperidine rings is 1. The number of hydrogen-bond acceptors (Lipinski definition) is 3. The molecule has 2 saturated heterocycles. The van der Waals surface area contributed by atoms with Gasteiger partial charge in [0.05, 0.1) is 0 Å². The van der Waals surface area contributed by atoms with E-state index in [0.29, 0.717) is 24.8 Å². The van der Waals surface area contributed by atoms with Gasteiger partial charge in [-0.15, -0.1) is 0 Å². The van der Waals surface area contributed by atoms with E-state index < -0.39 is 5.67 Å². The largest absolute Gasteiger partial charge is 0.316 e. The molecule has 0 radical (unpaired) electrons. The van der Waals surface area contributed by atoms with Crippen LogP contribution in [-0.4, -0.2) is 67.8 Å². The molecule has 1 N–H and O–H groups in total. The third-order valence-electron chi connectivity index (χ3n) is 4.17. The summed E-state index contributed by atoms with van der Waals surface area (Å²) >= 11 is 0. The molecule has 0 atom stereocenters. The third-order valence-corrected chi connectivity index (χ3v) is 4.17. The number of halogens is 1. The lowest BCUT2D eigenvalue weighted by Crippen LogP contribution is -2.53. The molecule has 0 saturated carbocycles. The molecule has 112 valence electrons. The van der Waals surface area contributed by atoms with E-state index in [-0.39, 0.29) is 0 Å². The van der Waals surface area contributed by atoms with Crippen LogP contribution in [0.3, 0.4) is 0 Å². The van der Waals surface area contributed by atoms with Gasteiger partial charge in [-0.25, -0.2) is 4.39 Å². The smallest absolute Gasteiger partial charge is 0.126 e. The molecule has 0 aromatic heterocycles. The molecule has 0 aliphatic carbocycles. The van der Waals surface area contributed by atoms with Crippen LogP contribution in [0.2, 0.25) is 0 Å². The van der Waals surface area contributed by atoms with Crippen molar-refractivity contribution in [3.8, 4) is 0 Å². The molecular formula is C15H30FN3. The second-order valence-electron chi connectivity index (χ2n) is 7.51. The van der Waals surface area contributed by atoms with E-state index in [2.05, 4.69) is 35.9 Å². The van der Waals surface area contributed by atoms with E-state index in [1.165, 1.54) is 0 Å². The number of rotatable bonds is 3. The summed E-state index contributed by atoms with van der Waals surface area (Å²) < 4.78 is 14.6. The number of piperazine rings is 1. The molecule has 2 fully saturated rings. The van der Waals surface area contributed by atoms with Gasteiger partial charge < -0.3 is 10.2 Å². The predicted molar refractivity (Wildman–Crippen MR) is 78.3 cm³/mol. The highest BCUT2D eigenvalue weighted by Crippen LogP contribution is 2.25. The maximum absolute atomic E-state index is 14.6. The van der Waals surface area contributed by atoms with Gasteiger partial charge in [0.2, 0.25) is 0 Å². The molecular weight excluding hydrogens is 241 g/mol. The van der Waals surface area contributed by atoms with Crippen molar-refractivity contribution in [3.63, 3.8) is 0 Å². The Labute approximate surface area is 117 Å². The summed E-state index contributed by atoms with van der Waals surface area (Å²) in [5.74, 6) is 0. The van der Waals surface area contributed by atoms with Crippen molar-refractivity contribution in [3.05, 3.63) is 0 Å². The Morgan fingerprint density at radius 3 is 2.05 bits per heavy atom. The number of nitrogens with zero attached hydrogens (tertiary/aromatic N) is 2. The standard InChI is InChI=1S/C15H30FN3/c1-14(2,3)12-18-8-10-19(11-9-18)13-15(16)4-6-17-7-5-15/h17H,4-13H2,1-3H3. The summed E-state index contributed by atoms with van der Waals surface area (Å²) in [6.07, 6.45) is 1.35. The molecule has 2 rings (SSSR count). The number of hydrogen-bond donors (Lipinski definition) is 1. The molecule has 2 heterocycles. The van der Waals surface area contributed by atoms with E-state index in [0.717, 1.165) is 45.8 Å². The molecule has 2 aliphatic heterocycles. The van der Waals surface area contributed by atoms with Crippen molar-refractivity contribution in [2.45, 2.75) is 39.3 Å². The van der Waals surface area contributed by atoms with Crippen molar-refractivity contribution < 1.29 is 4.39 Å². The molecule has 3 nitrogen and oxygen atoms in total. The Hall–Kier alpha value is -0.190. The van der Waals surface area contributed by atoms with Crippen LogP contribution >= 0.6 is 0 Å². The van der Waals surface area contributed by atoms with E-state index in [1.54, 1.807) is 0 Å². The Balaban J connectivity index is 1.74. The van der Waals surface area contributed by atoms with Crippen LogP contribution in [0, 0.1) is 5.41 Å². The van der Waals surface area contributed by atoms with Crippen LogP contribution < -0.4 is 5.32 Å². The van der Waals surface area contributed by atoms with Crippen molar-refractivity contribution in [2.24, 2.45) is 5.41 Å². The van der Waals surface area contributed by atoms with Crippen molar-refractivity contribution in [1.82, 2.24) is 15.1 Å². The van der Waals surface area contributed by atoms with Crippen molar-refractivity contribution >= 4 is 0 Å². The molecule has 0 bridgehead atoms. The van der Waals surface area contributed by atoms with Crippen molar-refractivity contribution in [1.29, 1.82) is 0 Å². The van der Waals surface area contributed by atoms with Crippen LogP contribution in [0.5, 0.6) is 0 Å². The Morgan fingerprint density at radius 1 is 1.00 bits per heavy atom. The summed E-state index contributed by atoms with van der Waals surface area (Å²) in [5, 5.41) is 3.24. The maximum Gasteiger partial charge on any atom is 0.126 e. The van der Waals surface area contributed by atoms with Gasteiger partial charge in [-0.05, 0) is 31.3 Å². The van der Waals surface area contributed by atoms with E-state index >= 15 is 0 Å². The molecule has 0 spiro atoms. The molecule has 0 aromatic rings. The lowest BCUT2D eigenvalue weighted by atomic mass is 9.93. The highest BCUT2D eigenvalue weighted by molar-refractivity contribution is 4.89. The minimum atomic E-state index is -0.947. The van der Waals surface area contributed by atoms with E-state index in [9.17, 15) is 4.39 Å². The minimum absolute atomic E-state index is 0.360. The van der Waals surface area contributed by atoms with Gasteiger partial charge in [0.1, 0.15) is 5.67 Å². The summed E-state index contributed by atoms with van der Waals surface area (Å²) in [6.45, 7) is 14.5. The second kappa shape index (κ2) is 6.06. The summed E-state index contributed by atoms with van der Waals surface area (Å²) in [4.78, 5) is 4.84. The van der Waals surface area contributed by atoms with Crippen LogP contribution in [0.15, 0.2) is 0 Å².